The summed E-state index contributed by atoms with van der Waals surface area (Å²) in [7, 11) is 1.58. The van der Waals surface area contributed by atoms with Gasteiger partial charge in [-0.2, -0.15) is 5.48 Å². The van der Waals surface area contributed by atoms with Gasteiger partial charge in [-0.3, -0.25) is 14.7 Å². The fourth-order valence-electron chi connectivity index (χ4n) is 4.93. The van der Waals surface area contributed by atoms with E-state index in [0.29, 0.717) is 49.4 Å². The van der Waals surface area contributed by atoms with Gasteiger partial charge in [0.25, 0.3) is 0 Å². The number of carbonyl (C=O) groups is 1. The van der Waals surface area contributed by atoms with Gasteiger partial charge in [0.2, 0.25) is 0 Å². The standard InChI is InChI=1S/C28H28F3N3O4S/c1-38-19-4-6-24-21(15-19)20(7-9-32-24)25(33-37)5-3-17-8-11-34(16-22(17)28(35)36)10-2-12-39-26-14-18(29)13-23(30)27(26)31/h4,6-7,9,13-15,17,22,25,33,37H,3,5,8,10-11,16H2,1H3,(H,35,36)/t17-,22+,25-/m1/s1. The smallest absolute Gasteiger partial charge is 0.308 e. The van der Waals surface area contributed by atoms with Crippen LogP contribution in [-0.4, -0.2) is 52.9 Å². The molecule has 0 unspecified atom stereocenters. The van der Waals surface area contributed by atoms with Crippen molar-refractivity contribution in [3.05, 3.63) is 65.6 Å². The highest BCUT2D eigenvalue weighted by Crippen LogP contribution is 2.33. The van der Waals surface area contributed by atoms with Gasteiger partial charge in [0.1, 0.15) is 11.6 Å². The van der Waals surface area contributed by atoms with Crippen molar-refractivity contribution in [1.82, 2.24) is 15.4 Å². The Morgan fingerprint density at radius 2 is 2.10 bits per heavy atom. The molecular formula is C28H28F3N3O4S. The first kappa shape index (κ1) is 28.7. The number of aromatic nitrogens is 1. The highest BCUT2D eigenvalue weighted by molar-refractivity contribution is 8.04. The molecule has 0 radical (unpaired) electrons. The van der Waals surface area contributed by atoms with Gasteiger partial charge in [-0.1, -0.05) is 5.92 Å². The lowest BCUT2D eigenvalue weighted by Gasteiger charge is -2.36. The Balaban J connectivity index is 1.37. The van der Waals surface area contributed by atoms with Gasteiger partial charge < -0.3 is 15.1 Å². The van der Waals surface area contributed by atoms with Crippen LogP contribution < -0.4 is 10.2 Å². The molecule has 0 spiro atoms. The Kier molecular flexibility index (Phi) is 9.69. The number of fused-ring (bicyclic) bond motifs is 1. The summed E-state index contributed by atoms with van der Waals surface area (Å²) in [5.74, 6) is -1.47. The first-order chi connectivity index (χ1) is 18.8. The third-order valence-corrected chi connectivity index (χ3v) is 7.76. The number of ether oxygens (including phenoxy) is 1. The minimum Gasteiger partial charge on any atom is -0.497 e. The molecule has 3 aromatic rings. The number of hydroxylamine groups is 1. The third kappa shape index (κ3) is 7.02. The number of methoxy groups -OCH3 is 1. The molecule has 4 rings (SSSR count). The largest absolute Gasteiger partial charge is 0.497 e. The van der Waals surface area contributed by atoms with E-state index in [1.807, 2.05) is 29.2 Å². The number of aliphatic carboxylic acids is 1. The lowest BCUT2D eigenvalue weighted by Crippen LogP contribution is -2.44. The van der Waals surface area contributed by atoms with Crippen LogP contribution in [0.2, 0.25) is 0 Å². The van der Waals surface area contributed by atoms with E-state index in [1.54, 1.807) is 13.3 Å². The van der Waals surface area contributed by atoms with Crippen LogP contribution in [0.3, 0.4) is 0 Å². The van der Waals surface area contributed by atoms with E-state index >= 15 is 0 Å². The maximum Gasteiger partial charge on any atom is 0.308 e. The van der Waals surface area contributed by atoms with Crippen LogP contribution in [-0.2, 0) is 4.79 Å². The van der Waals surface area contributed by atoms with Crippen molar-refractivity contribution < 1.29 is 33.0 Å². The Hall–Kier alpha value is -3.30. The number of nitrogens with one attached hydrogen (secondary N) is 1. The molecule has 39 heavy (non-hydrogen) atoms. The predicted octanol–water partition coefficient (Wildman–Crippen LogP) is 5.24. The molecule has 0 aliphatic carbocycles. The summed E-state index contributed by atoms with van der Waals surface area (Å²) in [5, 5.41) is 23.3. The topological polar surface area (TPSA) is 94.9 Å². The average Bonchev–Trinajstić information content (AvgIpc) is 2.93. The summed E-state index contributed by atoms with van der Waals surface area (Å²) in [6.07, 6.45) is 3.38. The van der Waals surface area contributed by atoms with Crippen LogP contribution in [0.4, 0.5) is 13.2 Å². The van der Waals surface area contributed by atoms with Crippen molar-refractivity contribution in [3.8, 4) is 16.9 Å². The lowest BCUT2D eigenvalue weighted by atomic mass is 9.81. The maximum atomic E-state index is 13.8. The Morgan fingerprint density at radius 1 is 1.28 bits per heavy atom. The van der Waals surface area contributed by atoms with E-state index in [4.69, 9.17) is 4.74 Å². The molecule has 3 atom stereocenters. The van der Waals surface area contributed by atoms with Crippen LogP contribution in [0.1, 0.15) is 30.9 Å². The van der Waals surface area contributed by atoms with Crippen LogP contribution in [0.15, 0.2) is 47.5 Å². The van der Waals surface area contributed by atoms with Crippen LogP contribution >= 0.6 is 11.8 Å². The summed E-state index contributed by atoms with van der Waals surface area (Å²) in [6.45, 7) is 1.15. The van der Waals surface area contributed by atoms with Crippen molar-refractivity contribution in [2.45, 2.75) is 30.2 Å². The Bertz CT molecular complexity index is 1400. The molecule has 3 N–H and O–H groups in total. The van der Waals surface area contributed by atoms with Gasteiger partial charge in [-0.25, -0.2) is 13.2 Å². The summed E-state index contributed by atoms with van der Waals surface area (Å²) >= 11 is 0.684. The number of halogens is 3. The minimum atomic E-state index is -1.28. The molecule has 0 amide bonds. The van der Waals surface area contributed by atoms with Crippen LogP contribution in [0.25, 0.3) is 10.9 Å². The molecule has 2 heterocycles. The number of carboxylic acids is 1. The molecule has 206 valence electrons. The average molecular weight is 560 g/mol. The second-order valence-electron chi connectivity index (χ2n) is 9.35. The third-order valence-electron chi connectivity index (χ3n) is 6.99. The van der Waals surface area contributed by atoms with Gasteiger partial charge in [-0.05, 0) is 84.6 Å². The first-order valence-corrected chi connectivity index (χ1v) is 13.2. The second kappa shape index (κ2) is 13.2. The van der Waals surface area contributed by atoms with Gasteiger partial charge in [0.15, 0.2) is 11.6 Å². The minimum absolute atomic E-state index is 0.107. The number of benzene rings is 2. The number of carboxylic acid groups (broad SMARTS) is 1. The van der Waals surface area contributed by atoms with Gasteiger partial charge in [0.05, 0.1) is 36.0 Å². The molecule has 1 saturated heterocycles. The zero-order valence-corrected chi connectivity index (χ0v) is 22.0. The maximum absolute atomic E-state index is 13.8. The van der Waals surface area contributed by atoms with Crippen molar-refractivity contribution in [1.29, 1.82) is 0 Å². The number of pyridine rings is 1. The highest BCUT2D eigenvalue weighted by Gasteiger charge is 2.34. The van der Waals surface area contributed by atoms with Gasteiger partial charge in [-0.15, -0.1) is 0 Å². The SMILES string of the molecule is COc1ccc2nccc([C@@H](CC[C@@H]3CCN(CC#CSc4cc(F)cc(F)c4F)C[C@@H]3C(=O)O)NO)c2c1. The van der Waals surface area contributed by atoms with E-state index < -0.39 is 35.4 Å². The Morgan fingerprint density at radius 3 is 2.85 bits per heavy atom. The van der Waals surface area contributed by atoms with Gasteiger partial charge in [0, 0.05) is 24.2 Å². The fourth-order valence-corrected chi connectivity index (χ4v) is 5.53. The van der Waals surface area contributed by atoms with E-state index in [2.05, 4.69) is 21.6 Å². The molecular weight excluding hydrogens is 531 g/mol. The van der Waals surface area contributed by atoms with Crippen LogP contribution in [0.5, 0.6) is 5.75 Å². The number of hydrogen-bond acceptors (Lipinski definition) is 7. The number of piperidine rings is 1. The molecule has 1 aliphatic heterocycles. The molecule has 0 saturated carbocycles. The van der Waals surface area contributed by atoms with Gasteiger partial charge >= 0.3 is 5.97 Å². The quantitative estimate of drug-likeness (QED) is 0.142. The second-order valence-corrected chi connectivity index (χ2v) is 10.2. The number of rotatable bonds is 9. The van der Waals surface area contributed by atoms with Crippen molar-refractivity contribution in [2.24, 2.45) is 11.8 Å². The summed E-state index contributed by atoms with van der Waals surface area (Å²) in [4.78, 5) is 18.1. The molecule has 1 aromatic heterocycles. The molecule has 0 bridgehead atoms. The van der Waals surface area contributed by atoms with E-state index in [-0.39, 0.29) is 23.9 Å². The lowest BCUT2D eigenvalue weighted by molar-refractivity contribution is -0.146. The fraction of sp³-hybridized carbons (Fsp3) is 0.357. The molecule has 2 aromatic carbocycles. The first-order valence-electron chi connectivity index (χ1n) is 12.4. The molecule has 1 fully saturated rings. The van der Waals surface area contributed by atoms with Crippen molar-refractivity contribution >= 4 is 28.6 Å². The number of likely N-dealkylation sites (tertiary alicyclic amines) is 1. The molecule has 7 nitrogen and oxygen atoms in total. The number of thioether (sulfide) groups is 1. The van der Waals surface area contributed by atoms with E-state index in [9.17, 15) is 28.3 Å². The normalized spacial score (nSPS) is 18.4. The van der Waals surface area contributed by atoms with E-state index in [1.165, 1.54) is 0 Å². The highest BCUT2D eigenvalue weighted by atomic mass is 32.2. The summed E-state index contributed by atoms with van der Waals surface area (Å²) < 4.78 is 45.8. The summed E-state index contributed by atoms with van der Waals surface area (Å²) in [6, 6.07) is 8.27. The zero-order chi connectivity index (χ0) is 27.9. The zero-order valence-electron chi connectivity index (χ0n) is 21.2. The van der Waals surface area contributed by atoms with E-state index in [0.717, 1.165) is 22.5 Å². The predicted molar refractivity (Wildman–Crippen MR) is 141 cm³/mol. The summed E-state index contributed by atoms with van der Waals surface area (Å²) in [5.41, 5.74) is 3.98. The number of hydrogen-bond donors (Lipinski definition) is 3. The molecule has 11 heteroatoms. The molecule has 1 aliphatic rings. The van der Waals surface area contributed by atoms with Crippen LogP contribution in [0, 0.1) is 40.5 Å². The Labute approximate surface area is 228 Å². The monoisotopic (exact) mass is 559 g/mol. The number of nitrogens with zero attached hydrogens (tertiary/aromatic N) is 2. The van der Waals surface area contributed by atoms with Crippen molar-refractivity contribution in [2.75, 3.05) is 26.7 Å². The van der Waals surface area contributed by atoms with Crippen molar-refractivity contribution in [3.63, 3.8) is 0 Å².